The molecule has 122 valence electrons. The quantitative estimate of drug-likeness (QED) is 0.800. The highest BCUT2D eigenvalue weighted by Crippen LogP contribution is 2.39. The molecule has 0 aliphatic heterocycles. The third-order valence-corrected chi connectivity index (χ3v) is 3.29. The molecule has 0 fully saturated rings. The molecule has 0 aromatic heterocycles. The number of nitrogens with one attached hydrogen (secondary N) is 1. The van der Waals surface area contributed by atoms with Gasteiger partial charge < -0.3 is 25.3 Å². The molecule has 0 aliphatic rings. The molecule has 0 aliphatic carbocycles. The molecule has 2 aromatic rings. The van der Waals surface area contributed by atoms with Crippen molar-refractivity contribution in [1.82, 2.24) is 0 Å². The first-order valence-electron chi connectivity index (χ1n) is 7.01. The molecule has 0 radical (unpaired) electrons. The summed E-state index contributed by atoms with van der Waals surface area (Å²) in [6, 6.07) is 10.5. The number of carbonyl (C=O) groups is 1. The number of hydrogen-bond acceptors (Lipinski definition) is 5. The molecule has 0 saturated carbocycles. The van der Waals surface area contributed by atoms with Gasteiger partial charge in [0, 0.05) is 23.5 Å². The predicted octanol–water partition coefficient (Wildman–Crippen LogP) is 2.48. The molecule has 1 amide bonds. The van der Waals surface area contributed by atoms with Crippen LogP contribution in [0.1, 0.15) is 5.56 Å². The summed E-state index contributed by atoms with van der Waals surface area (Å²) in [4.78, 5) is 12.2. The molecule has 0 spiro atoms. The van der Waals surface area contributed by atoms with E-state index in [1.807, 2.05) is 12.1 Å². The molecule has 23 heavy (non-hydrogen) atoms. The Labute approximate surface area is 135 Å². The Morgan fingerprint density at radius 3 is 2.04 bits per heavy atom. The lowest BCUT2D eigenvalue weighted by molar-refractivity contribution is -0.115. The molecule has 0 saturated heterocycles. The van der Waals surface area contributed by atoms with Crippen molar-refractivity contribution in [1.29, 1.82) is 0 Å². The first kappa shape index (κ1) is 16.5. The van der Waals surface area contributed by atoms with Crippen LogP contribution in [-0.2, 0) is 11.2 Å². The molecule has 2 aromatic carbocycles. The highest BCUT2D eigenvalue weighted by molar-refractivity contribution is 5.93. The average molecular weight is 316 g/mol. The smallest absolute Gasteiger partial charge is 0.228 e. The molecular formula is C17H20N2O4. The van der Waals surface area contributed by atoms with Gasteiger partial charge in [-0.3, -0.25) is 4.79 Å². The lowest BCUT2D eigenvalue weighted by atomic mass is 10.1. The van der Waals surface area contributed by atoms with Gasteiger partial charge in [0.15, 0.2) is 11.5 Å². The van der Waals surface area contributed by atoms with Crippen molar-refractivity contribution in [2.75, 3.05) is 32.4 Å². The lowest BCUT2D eigenvalue weighted by Crippen LogP contribution is -2.14. The Kier molecular flexibility index (Phi) is 5.30. The zero-order valence-corrected chi connectivity index (χ0v) is 13.4. The van der Waals surface area contributed by atoms with Crippen molar-refractivity contribution in [3.05, 3.63) is 42.0 Å². The van der Waals surface area contributed by atoms with Crippen LogP contribution in [0, 0.1) is 0 Å². The van der Waals surface area contributed by atoms with Crippen LogP contribution in [0.4, 0.5) is 11.4 Å². The van der Waals surface area contributed by atoms with Crippen molar-refractivity contribution < 1.29 is 19.0 Å². The van der Waals surface area contributed by atoms with Crippen molar-refractivity contribution in [2.24, 2.45) is 0 Å². The minimum atomic E-state index is -0.149. The SMILES string of the molecule is COc1cc(NC(=O)Cc2ccc(N)cc2)cc(OC)c1OC. The fourth-order valence-electron chi connectivity index (χ4n) is 2.18. The van der Waals surface area contributed by atoms with Gasteiger partial charge in [0.2, 0.25) is 11.7 Å². The largest absolute Gasteiger partial charge is 0.493 e. The van der Waals surface area contributed by atoms with E-state index in [1.54, 1.807) is 24.3 Å². The lowest BCUT2D eigenvalue weighted by Gasteiger charge is -2.14. The van der Waals surface area contributed by atoms with Gasteiger partial charge in [-0.1, -0.05) is 12.1 Å². The maximum atomic E-state index is 12.2. The van der Waals surface area contributed by atoms with E-state index < -0.39 is 0 Å². The van der Waals surface area contributed by atoms with Gasteiger partial charge >= 0.3 is 0 Å². The zero-order chi connectivity index (χ0) is 16.8. The van der Waals surface area contributed by atoms with Gasteiger partial charge in [-0.25, -0.2) is 0 Å². The van der Waals surface area contributed by atoms with E-state index >= 15 is 0 Å². The van der Waals surface area contributed by atoms with Crippen LogP contribution >= 0.6 is 0 Å². The van der Waals surface area contributed by atoms with Gasteiger partial charge in [-0.15, -0.1) is 0 Å². The van der Waals surface area contributed by atoms with Gasteiger partial charge in [-0.05, 0) is 17.7 Å². The van der Waals surface area contributed by atoms with Crippen LogP contribution in [0.5, 0.6) is 17.2 Å². The Morgan fingerprint density at radius 1 is 1.00 bits per heavy atom. The molecule has 6 nitrogen and oxygen atoms in total. The molecular weight excluding hydrogens is 296 g/mol. The van der Waals surface area contributed by atoms with Crippen LogP contribution < -0.4 is 25.3 Å². The summed E-state index contributed by atoms with van der Waals surface area (Å²) >= 11 is 0. The summed E-state index contributed by atoms with van der Waals surface area (Å²) in [5.74, 6) is 1.29. The number of nitrogens with two attached hydrogens (primary N) is 1. The van der Waals surface area contributed by atoms with Gasteiger partial charge in [0.25, 0.3) is 0 Å². The average Bonchev–Trinajstić information content (AvgIpc) is 2.55. The van der Waals surface area contributed by atoms with Gasteiger partial charge in [0.1, 0.15) is 0 Å². The molecule has 0 bridgehead atoms. The Balaban J connectivity index is 2.15. The molecule has 2 rings (SSSR count). The van der Waals surface area contributed by atoms with E-state index in [0.717, 1.165) is 5.56 Å². The standard InChI is InChI=1S/C17H20N2O4/c1-21-14-9-13(10-15(22-2)17(14)23-3)19-16(20)8-11-4-6-12(18)7-5-11/h4-7,9-10H,8,18H2,1-3H3,(H,19,20). The predicted molar refractivity (Wildman–Crippen MR) is 89.3 cm³/mol. The van der Waals surface area contributed by atoms with Crippen molar-refractivity contribution in [3.8, 4) is 17.2 Å². The molecule has 6 heteroatoms. The van der Waals surface area contributed by atoms with E-state index in [4.69, 9.17) is 19.9 Å². The zero-order valence-electron chi connectivity index (χ0n) is 13.4. The third kappa shape index (κ3) is 4.06. The number of hydrogen-bond donors (Lipinski definition) is 2. The molecule has 0 atom stereocenters. The number of benzene rings is 2. The number of methoxy groups -OCH3 is 3. The fourth-order valence-corrected chi connectivity index (χ4v) is 2.18. The summed E-state index contributed by atoms with van der Waals surface area (Å²) < 4.78 is 15.8. The number of ether oxygens (including phenoxy) is 3. The van der Waals surface area contributed by atoms with E-state index in [-0.39, 0.29) is 12.3 Å². The molecule has 3 N–H and O–H groups in total. The summed E-state index contributed by atoms with van der Waals surface area (Å²) in [5, 5.41) is 2.82. The summed E-state index contributed by atoms with van der Waals surface area (Å²) in [7, 11) is 4.58. The third-order valence-electron chi connectivity index (χ3n) is 3.29. The van der Waals surface area contributed by atoms with Crippen LogP contribution in [0.25, 0.3) is 0 Å². The van der Waals surface area contributed by atoms with E-state index in [2.05, 4.69) is 5.32 Å². The second kappa shape index (κ2) is 7.40. The number of amides is 1. The first-order chi connectivity index (χ1) is 11.1. The van der Waals surface area contributed by atoms with E-state index in [9.17, 15) is 4.79 Å². The van der Waals surface area contributed by atoms with Crippen LogP contribution in [-0.4, -0.2) is 27.2 Å². The van der Waals surface area contributed by atoms with Crippen LogP contribution in [0.3, 0.4) is 0 Å². The normalized spacial score (nSPS) is 10.0. The second-order valence-electron chi connectivity index (χ2n) is 4.88. The number of carbonyl (C=O) groups excluding carboxylic acids is 1. The Morgan fingerprint density at radius 2 is 1.57 bits per heavy atom. The van der Waals surface area contributed by atoms with Crippen LogP contribution in [0.2, 0.25) is 0 Å². The molecule has 0 heterocycles. The first-order valence-corrected chi connectivity index (χ1v) is 7.01. The Hall–Kier alpha value is -2.89. The Bertz CT molecular complexity index is 658. The molecule has 0 unspecified atom stereocenters. The van der Waals surface area contributed by atoms with Crippen molar-refractivity contribution >= 4 is 17.3 Å². The minimum Gasteiger partial charge on any atom is -0.493 e. The van der Waals surface area contributed by atoms with E-state index in [0.29, 0.717) is 28.6 Å². The fraction of sp³-hybridized carbons (Fsp3) is 0.235. The summed E-state index contributed by atoms with van der Waals surface area (Å²) in [6.45, 7) is 0. The highest BCUT2D eigenvalue weighted by atomic mass is 16.5. The number of nitrogen functional groups attached to an aromatic ring is 1. The number of anilines is 2. The summed E-state index contributed by atoms with van der Waals surface area (Å²) in [5.41, 5.74) is 7.75. The monoisotopic (exact) mass is 316 g/mol. The van der Waals surface area contributed by atoms with Gasteiger partial charge in [-0.2, -0.15) is 0 Å². The van der Waals surface area contributed by atoms with E-state index in [1.165, 1.54) is 21.3 Å². The van der Waals surface area contributed by atoms with Crippen molar-refractivity contribution in [3.63, 3.8) is 0 Å². The number of rotatable bonds is 6. The second-order valence-corrected chi connectivity index (χ2v) is 4.88. The maximum absolute atomic E-state index is 12.2. The van der Waals surface area contributed by atoms with Crippen LogP contribution in [0.15, 0.2) is 36.4 Å². The van der Waals surface area contributed by atoms with Crippen molar-refractivity contribution in [2.45, 2.75) is 6.42 Å². The minimum absolute atomic E-state index is 0.149. The maximum Gasteiger partial charge on any atom is 0.228 e. The van der Waals surface area contributed by atoms with Gasteiger partial charge in [0.05, 0.1) is 27.8 Å². The topological polar surface area (TPSA) is 82.8 Å². The summed E-state index contributed by atoms with van der Waals surface area (Å²) in [6.07, 6.45) is 0.247. The highest BCUT2D eigenvalue weighted by Gasteiger charge is 2.14.